The van der Waals surface area contributed by atoms with E-state index in [4.69, 9.17) is 11.6 Å². The Balaban J connectivity index is 2.14. The lowest BCUT2D eigenvalue weighted by atomic mass is 10.5. The quantitative estimate of drug-likeness (QED) is 0.625. The molecule has 0 atom stereocenters. The molecule has 0 fully saturated rings. The summed E-state index contributed by atoms with van der Waals surface area (Å²) in [6, 6.07) is 3.71. The topological polar surface area (TPSA) is 53.7 Å². The molecule has 2 heterocycles. The van der Waals surface area contributed by atoms with Crippen molar-refractivity contribution in [2.75, 3.05) is 14.1 Å². The van der Waals surface area contributed by atoms with Crippen molar-refractivity contribution in [3.63, 3.8) is 0 Å². The van der Waals surface area contributed by atoms with Gasteiger partial charge >= 0.3 is 0 Å². The summed E-state index contributed by atoms with van der Waals surface area (Å²) in [7, 11) is 3.54. The van der Waals surface area contributed by atoms with Gasteiger partial charge in [-0.3, -0.25) is 4.99 Å². The predicted molar refractivity (Wildman–Crippen MR) is 69.5 cm³/mol. The average Bonchev–Trinajstić information content (AvgIpc) is 2.72. The van der Waals surface area contributed by atoms with Crippen molar-refractivity contribution < 1.29 is 0 Å². The molecule has 0 aliphatic rings. The number of rotatable bonds is 2. The lowest BCUT2D eigenvalue weighted by Crippen LogP contribution is -2.34. The highest BCUT2D eigenvalue weighted by atomic mass is 35.5. The maximum absolute atomic E-state index is 5.91. The highest BCUT2D eigenvalue weighted by Gasteiger charge is 2.02. The number of guanidine groups is 1. The number of nitrogens with zero attached hydrogens (tertiary/aromatic N) is 3. The van der Waals surface area contributed by atoms with Gasteiger partial charge in [0.2, 0.25) is 0 Å². The first kappa shape index (κ1) is 11.7. The van der Waals surface area contributed by atoms with E-state index in [0.29, 0.717) is 11.6 Å². The van der Waals surface area contributed by atoms with Crippen molar-refractivity contribution in [2.45, 2.75) is 6.54 Å². The fourth-order valence-electron chi connectivity index (χ4n) is 1.56. The number of aliphatic imine (C=N–C) groups is 1. The lowest BCUT2D eigenvalue weighted by Gasteiger charge is -2.05. The van der Waals surface area contributed by atoms with Crippen LogP contribution in [0.25, 0.3) is 5.65 Å². The highest BCUT2D eigenvalue weighted by Crippen LogP contribution is 2.11. The zero-order valence-corrected chi connectivity index (χ0v) is 10.5. The zero-order valence-electron chi connectivity index (χ0n) is 9.74. The Morgan fingerprint density at radius 3 is 3.00 bits per heavy atom. The molecule has 17 heavy (non-hydrogen) atoms. The summed E-state index contributed by atoms with van der Waals surface area (Å²) < 4.78 is 1.90. The van der Waals surface area contributed by atoms with Crippen LogP contribution in [-0.4, -0.2) is 29.4 Å². The van der Waals surface area contributed by atoms with Gasteiger partial charge in [0.05, 0.1) is 17.3 Å². The van der Waals surface area contributed by atoms with Crippen molar-refractivity contribution in [3.05, 3.63) is 35.2 Å². The highest BCUT2D eigenvalue weighted by molar-refractivity contribution is 6.30. The third kappa shape index (κ3) is 2.68. The molecule has 0 saturated heterocycles. The molecular weight excluding hydrogens is 238 g/mol. The first-order valence-electron chi connectivity index (χ1n) is 5.24. The molecule has 0 unspecified atom stereocenters. The van der Waals surface area contributed by atoms with E-state index in [1.165, 1.54) is 0 Å². The Bertz CT molecular complexity index is 546. The Morgan fingerprint density at radius 2 is 2.29 bits per heavy atom. The van der Waals surface area contributed by atoms with E-state index in [-0.39, 0.29) is 0 Å². The van der Waals surface area contributed by atoms with Crippen LogP contribution in [0.15, 0.2) is 29.5 Å². The van der Waals surface area contributed by atoms with Gasteiger partial charge in [0.25, 0.3) is 0 Å². The molecule has 0 saturated carbocycles. The summed E-state index contributed by atoms with van der Waals surface area (Å²) in [5.74, 6) is 0.736. The second kappa shape index (κ2) is 5.05. The van der Waals surface area contributed by atoms with E-state index in [1.807, 2.05) is 36.0 Å². The minimum absolute atomic E-state index is 0.618. The van der Waals surface area contributed by atoms with Gasteiger partial charge in [-0.05, 0) is 12.1 Å². The van der Waals surface area contributed by atoms with E-state index >= 15 is 0 Å². The van der Waals surface area contributed by atoms with Crippen LogP contribution in [0.3, 0.4) is 0 Å². The normalized spacial score (nSPS) is 11.8. The maximum Gasteiger partial charge on any atom is 0.191 e. The summed E-state index contributed by atoms with van der Waals surface area (Å²) in [6.07, 6.45) is 3.78. The Hall–Kier alpha value is -1.75. The van der Waals surface area contributed by atoms with E-state index in [0.717, 1.165) is 17.3 Å². The van der Waals surface area contributed by atoms with Crippen LogP contribution in [-0.2, 0) is 6.54 Å². The number of aromatic nitrogens is 2. The molecule has 2 rings (SSSR count). The molecule has 0 amide bonds. The number of hydrogen-bond donors (Lipinski definition) is 2. The van der Waals surface area contributed by atoms with Crippen LogP contribution in [0.2, 0.25) is 5.02 Å². The van der Waals surface area contributed by atoms with Gasteiger partial charge in [0, 0.05) is 26.5 Å². The van der Waals surface area contributed by atoms with Gasteiger partial charge in [-0.2, -0.15) is 0 Å². The monoisotopic (exact) mass is 251 g/mol. The molecule has 2 aromatic heterocycles. The standard InChI is InChI=1S/C11H14ClN5/c1-13-11(14-2)15-5-9-7-17-6-8(12)3-4-10(17)16-9/h3-4,6-7H,5H2,1-2H3,(H2,13,14,15). The molecule has 2 N–H and O–H groups in total. The summed E-state index contributed by atoms with van der Waals surface area (Å²) in [4.78, 5) is 8.48. The molecule has 0 radical (unpaired) electrons. The molecule has 90 valence electrons. The largest absolute Gasteiger partial charge is 0.359 e. The Labute approximate surface area is 105 Å². The van der Waals surface area contributed by atoms with Crippen LogP contribution in [0.1, 0.15) is 5.69 Å². The number of pyridine rings is 1. The fraction of sp³-hybridized carbons (Fsp3) is 0.273. The summed E-state index contributed by atoms with van der Waals surface area (Å²) in [5.41, 5.74) is 1.81. The third-order valence-electron chi connectivity index (χ3n) is 2.36. The van der Waals surface area contributed by atoms with Crippen LogP contribution < -0.4 is 10.6 Å². The third-order valence-corrected chi connectivity index (χ3v) is 2.59. The van der Waals surface area contributed by atoms with E-state index in [1.54, 1.807) is 7.05 Å². The van der Waals surface area contributed by atoms with Crippen molar-refractivity contribution in [3.8, 4) is 0 Å². The zero-order chi connectivity index (χ0) is 12.3. The molecule has 0 aliphatic heterocycles. The van der Waals surface area contributed by atoms with Crippen molar-refractivity contribution in [2.24, 2.45) is 4.99 Å². The minimum Gasteiger partial charge on any atom is -0.359 e. The van der Waals surface area contributed by atoms with Crippen molar-refractivity contribution in [1.82, 2.24) is 20.0 Å². The molecule has 0 spiro atoms. The van der Waals surface area contributed by atoms with Gasteiger partial charge < -0.3 is 15.0 Å². The second-order valence-corrected chi connectivity index (χ2v) is 3.96. The molecule has 0 aromatic carbocycles. The van der Waals surface area contributed by atoms with Crippen LogP contribution in [0, 0.1) is 0 Å². The smallest absolute Gasteiger partial charge is 0.191 e. The van der Waals surface area contributed by atoms with Crippen molar-refractivity contribution in [1.29, 1.82) is 0 Å². The van der Waals surface area contributed by atoms with Crippen LogP contribution in [0.4, 0.5) is 0 Å². The van der Waals surface area contributed by atoms with Gasteiger partial charge in [0.15, 0.2) is 5.96 Å². The van der Waals surface area contributed by atoms with Crippen molar-refractivity contribution >= 4 is 23.2 Å². The second-order valence-electron chi connectivity index (χ2n) is 3.52. The molecule has 6 heteroatoms. The van der Waals surface area contributed by atoms with E-state index in [2.05, 4.69) is 20.6 Å². The SMILES string of the molecule is CN=C(NC)NCc1cn2cc(Cl)ccc2n1. The van der Waals surface area contributed by atoms with Gasteiger partial charge in [-0.25, -0.2) is 4.98 Å². The predicted octanol–water partition coefficient (Wildman–Crippen LogP) is 1.28. The summed E-state index contributed by atoms with van der Waals surface area (Å²) >= 11 is 5.91. The molecule has 2 aromatic rings. The average molecular weight is 252 g/mol. The van der Waals surface area contributed by atoms with E-state index in [9.17, 15) is 0 Å². The first-order valence-corrected chi connectivity index (χ1v) is 5.62. The Morgan fingerprint density at radius 1 is 1.47 bits per heavy atom. The molecule has 5 nitrogen and oxygen atoms in total. The van der Waals surface area contributed by atoms with E-state index < -0.39 is 0 Å². The number of fused-ring (bicyclic) bond motifs is 1. The first-order chi connectivity index (χ1) is 8.22. The number of halogens is 1. The fourth-order valence-corrected chi connectivity index (χ4v) is 1.72. The van der Waals surface area contributed by atoms with Gasteiger partial charge in [-0.1, -0.05) is 11.6 Å². The minimum atomic E-state index is 0.618. The number of hydrogen-bond acceptors (Lipinski definition) is 2. The molecule has 0 aliphatic carbocycles. The van der Waals surface area contributed by atoms with Crippen LogP contribution >= 0.6 is 11.6 Å². The lowest BCUT2D eigenvalue weighted by molar-refractivity contribution is 0.845. The summed E-state index contributed by atoms with van der Waals surface area (Å²) in [5, 5.41) is 6.78. The molecular formula is C11H14ClN5. The summed E-state index contributed by atoms with van der Waals surface area (Å²) in [6.45, 7) is 0.618. The molecule has 0 bridgehead atoms. The number of imidazole rings is 1. The van der Waals surface area contributed by atoms with Gasteiger partial charge in [0.1, 0.15) is 5.65 Å². The number of nitrogens with one attached hydrogen (secondary N) is 2. The maximum atomic E-state index is 5.91. The van der Waals surface area contributed by atoms with Crippen LogP contribution in [0.5, 0.6) is 0 Å². The van der Waals surface area contributed by atoms with Gasteiger partial charge in [-0.15, -0.1) is 0 Å². The Kier molecular flexibility index (Phi) is 3.49.